The van der Waals surface area contributed by atoms with Gasteiger partial charge in [0.2, 0.25) is 0 Å². The maximum atomic E-state index is 12.0. The van der Waals surface area contributed by atoms with Gasteiger partial charge in [-0.1, -0.05) is 36.4 Å². The van der Waals surface area contributed by atoms with Crippen LogP contribution in [-0.4, -0.2) is 19.1 Å². The second kappa shape index (κ2) is 5.54. The third-order valence-corrected chi connectivity index (χ3v) is 2.95. The molecule has 0 aliphatic heterocycles. The first-order valence-electron chi connectivity index (χ1n) is 6.31. The number of carbonyl (C=O) groups excluding carboxylic acids is 1. The van der Waals surface area contributed by atoms with Gasteiger partial charge in [0.05, 0.1) is 5.69 Å². The minimum absolute atomic E-state index is 0.0450. The highest BCUT2D eigenvalue weighted by Gasteiger charge is 2.14. The normalized spacial score (nSPS) is 10.3. The number of benzene rings is 2. The van der Waals surface area contributed by atoms with Gasteiger partial charge in [0.25, 0.3) is 0 Å². The molecule has 0 heterocycles. The molecular weight excluding hydrogens is 224 g/mol. The van der Waals surface area contributed by atoms with Crippen molar-refractivity contribution in [1.82, 2.24) is 5.32 Å². The van der Waals surface area contributed by atoms with Crippen molar-refractivity contribution in [2.24, 2.45) is 0 Å². The van der Waals surface area contributed by atoms with E-state index in [1.807, 2.05) is 44.2 Å². The summed E-state index contributed by atoms with van der Waals surface area (Å²) in [6.07, 6.45) is 0. The van der Waals surface area contributed by atoms with Gasteiger partial charge in [-0.2, -0.15) is 0 Å². The number of nitrogens with zero attached hydrogens (tertiary/aromatic N) is 1. The van der Waals surface area contributed by atoms with Gasteiger partial charge in [-0.25, -0.2) is 4.79 Å². The zero-order valence-electron chi connectivity index (χ0n) is 10.8. The molecule has 18 heavy (non-hydrogen) atoms. The van der Waals surface area contributed by atoms with Crippen molar-refractivity contribution >= 4 is 22.5 Å². The molecule has 0 bridgehead atoms. The van der Waals surface area contributed by atoms with E-state index in [2.05, 4.69) is 17.4 Å². The van der Waals surface area contributed by atoms with Crippen LogP contribution in [0, 0.1) is 0 Å². The lowest BCUT2D eigenvalue weighted by Gasteiger charge is -2.22. The molecule has 2 aromatic carbocycles. The summed E-state index contributed by atoms with van der Waals surface area (Å²) < 4.78 is 0. The minimum Gasteiger partial charge on any atom is -0.338 e. The van der Waals surface area contributed by atoms with E-state index in [1.54, 1.807) is 4.90 Å². The maximum Gasteiger partial charge on any atom is 0.321 e. The first-order chi connectivity index (χ1) is 8.77. The molecule has 0 aliphatic rings. The van der Waals surface area contributed by atoms with Crippen molar-refractivity contribution in [1.29, 1.82) is 0 Å². The number of rotatable bonds is 3. The van der Waals surface area contributed by atoms with E-state index in [4.69, 9.17) is 0 Å². The number of nitrogens with one attached hydrogen (secondary N) is 1. The molecule has 0 atom stereocenters. The molecular formula is C15H18N2O. The lowest BCUT2D eigenvalue weighted by atomic mass is 10.1. The molecule has 2 aromatic rings. The van der Waals surface area contributed by atoms with Crippen LogP contribution in [0.1, 0.15) is 13.8 Å². The zero-order chi connectivity index (χ0) is 13.0. The molecule has 0 fully saturated rings. The van der Waals surface area contributed by atoms with E-state index in [1.165, 1.54) is 0 Å². The van der Waals surface area contributed by atoms with E-state index in [9.17, 15) is 4.79 Å². The van der Waals surface area contributed by atoms with Crippen molar-refractivity contribution in [2.75, 3.05) is 18.0 Å². The molecule has 0 aromatic heterocycles. The number of amides is 2. The molecule has 0 saturated heterocycles. The van der Waals surface area contributed by atoms with E-state index in [0.29, 0.717) is 13.1 Å². The summed E-state index contributed by atoms with van der Waals surface area (Å²) in [5.41, 5.74) is 0.960. The summed E-state index contributed by atoms with van der Waals surface area (Å²) in [5.74, 6) is 0. The molecule has 0 saturated carbocycles. The van der Waals surface area contributed by atoms with Gasteiger partial charge in [-0.3, -0.25) is 4.90 Å². The quantitative estimate of drug-likeness (QED) is 0.879. The van der Waals surface area contributed by atoms with Crippen molar-refractivity contribution < 1.29 is 4.79 Å². The minimum atomic E-state index is -0.0450. The van der Waals surface area contributed by atoms with Crippen molar-refractivity contribution in [3.63, 3.8) is 0 Å². The predicted octanol–water partition coefficient (Wildman–Crippen LogP) is 3.40. The van der Waals surface area contributed by atoms with E-state index < -0.39 is 0 Å². The molecule has 1 N–H and O–H groups in total. The third-order valence-electron chi connectivity index (χ3n) is 2.95. The van der Waals surface area contributed by atoms with Crippen LogP contribution in [0.2, 0.25) is 0 Å². The Hall–Kier alpha value is -2.03. The first-order valence-corrected chi connectivity index (χ1v) is 6.31. The molecule has 0 unspecified atom stereocenters. The van der Waals surface area contributed by atoms with Gasteiger partial charge in [0.15, 0.2) is 0 Å². The van der Waals surface area contributed by atoms with Crippen LogP contribution in [-0.2, 0) is 0 Å². The van der Waals surface area contributed by atoms with Crippen LogP contribution in [0.5, 0.6) is 0 Å². The van der Waals surface area contributed by atoms with E-state index in [0.717, 1.165) is 16.5 Å². The Morgan fingerprint density at radius 3 is 2.56 bits per heavy atom. The second-order valence-electron chi connectivity index (χ2n) is 4.08. The number of carbonyl (C=O) groups is 1. The first kappa shape index (κ1) is 12.4. The summed E-state index contributed by atoms with van der Waals surface area (Å²) in [7, 11) is 0. The lowest BCUT2D eigenvalue weighted by Crippen LogP contribution is -2.39. The summed E-state index contributed by atoms with van der Waals surface area (Å²) >= 11 is 0. The average Bonchev–Trinajstić information content (AvgIpc) is 2.40. The number of hydrogen-bond acceptors (Lipinski definition) is 1. The number of anilines is 1. The van der Waals surface area contributed by atoms with Crippen LogP contribution in [0.15, 0.2) is 42.5 Å². The smallest absolute Gasteiger partial charge is 0.321 e. The van der Waals surface area contributed by atoms with E-state index in [-0.39, 0.29) is 6.03 Å². The van der Waals surface area contributed by atoms with Crippen LogP contribution >= 0.6 is 0 Å². The fraction of sp³-hybridized carbons (Fsp3) is 0.267. The predicted molar refractivity (Wildman–Crippen MR) is 76.0 cm³/mol. The molecule has 94 valence electrons. The molecule has 2 amide bonds. The Bertz CT molecular complexity index is 546. The molecule has 0 radical (unpaired) electrons. The van der Waals surface area contributed by atoms with E-state index >= 15 is 0 Å². The summed E-state index contributed by atoms with van der Waals surface area (Å²) in [6, 6.07) is 14.1. The monoisotopic (exact) mass is 242 g/mol. The Labute approximate surface area is 107 Å². The molecule has 3 heteroatoms. The number of urea groups is 1. The highest BCUT2D eigenvalue weighted by atomic mass is 16.2. The largest absolute Gasteiger partial charge is 0.338 e. The van der Waals surface area contributed by atoms with Crippen LogP contribution < -0.4 is 10.2 Å². The zero-order valence-corrected chi connectivity index (χ0v) is 10.8. The van der Waals surface area contributed by atoms with Gasteiger partial charge in [0.1, 0.15) is 0 Å². The standard InChI is InChI=1S/C15H18N2O/c1-3-16-15(18)17(4-2)14-11-7-9-12-8-5-6-10-13(12)14/h5-11H,3-4H2,1-2H3,(H,16,18). The average molecular weight is 242 g/mol. The maximum absolute atomic E-state index is 12.0. The lowest BCUT2D eigenvalue weighted by molar-refractivity contribution is 0.247. The van der Waals surface area contributed by atoms with Gasteiger partial charge in [0, 0.05) is 18.5 Å². The van der Waals surface area contributed by atoms with Crippen LogP contribution in [0.4, 0.5) is 10.5 Å². The Morgan fingerprint density at radius 1 is 1.11 bits per heavy atom. The second-order valence-corrected chi connectivity index (χ2v) is 4.08. The number of hydrogen-bond donors (Lipinski definition) is 1. The summed E-state index contributed by atoms with van der Waals surface area (Å²) in [6.45, 7) is 5.20. The van der Waals surface area contributed by atoms with Gasteiger partial charge in [-0.15, -0.1) is 0 Å². The van der Waals surface area contributed by atoms with Crippen molar-refractivity contribution in [3.05, 3.63) is 42.5 Å². The topological polar surface area (TPSA) is 32.3 Å². The Balaban J connectivity index is 2.48. The summed E-state index contributed by atoms with van der Waals surface area (Å²) in [5, 5.41) is 5.10. The van der Waals surface area contributed by atoms with Crippen LogP contribution in [0.3, 0.4) is 0 Å². The van der Waals surface area contributed by atoms with Gasteiger partial charge >= 0.3 is 6.03 Å². The fourth-order valence-electron chi connectivity index (χ4n) is 2.11. The number of fused-ring (bicyclic) bond motifs is 1. The summed E-state index contributed by atoms with van der Waals surface area (Å²) in [4.78, 5) is 13.8. The highest BCUT2D eigenvalue weighted by Crippen LogP contribution is 2.26. The Morgan fingerprint density at radius 2 is 1.83 bits per heavy atom. The SMILES string of the molecule is CCNC(=O)N(CC)c1cccc2ccccc12. The van der Waals surface area contributed by atoms with Crippen molar-refractivity contribution in [3.8, 4) is 0 Å². The highest BCUT2D eigenvalue weighted by molar-refractivity contribution is 6.03. The van der Waals surface area contributed by atoms with Crippen molar-refractivity contribution in [2.45, 2.75) is 13.8 Å². The molecule has 0 aliphatic carbocycles. The van der Waals surface area contributed by atoms with Gasteiger partial charge in [-0.05, 0) is 25.3 Å². The Kier molecular flexibility index (Phi) is 3.82. The van der Waals surface area contributed by atoms with Crippen LogP contribution in [0.25, 0.3) is 10.8 Å². The molecule has 0 spiro atoms. The fourth-order valence-corrected chi connectivity index (χ4v) is 2.11. The third kappa shape index (κ3) is 2.30. The molecule has 3 nitrogen and oxygen atoms in total. The van der Waals surface area contributed by atoms with Gasteiger partial charge < -0.3 is 5.32 Å². The molecule has 2 rings (SSSR count).